The Bertz CT molecular complexity index is 985. The minimum Gasteiger partial charge on any atom is -0.366 e. The predicted octanol–water partition coefficient (Wildman–Crippen LogP) is 2.47. The first-order valence-corrected chi connectivity index (χ1v) is 8.19. The number of piperidine rings is 1. The Kier molecular flexibility index (Phi) is 3.72. The second-order valence-corrected chi connectivity index (χ2v) is 6.14. The van der Waals surface area contributed by atoms with Crippen LogP contribution in [0, 0.1) is 10.1 Å². The van der Waals surface area contributed by atoms with Gasteiger partial charge in [-0.15, -0.1) is 0 Å². The third kappa shape index (κ3) is 2.65. The van der Waals surface area contributed by atoms with E-state index < -0.39 is 0 Å². The summed E-state index contributed by atoms with van der Waals surface area (Å²) < 4.78 is 1.71. The molecule has 1 saturated heterocycles. The van der Waals surface area contributed by atoms with Crippen LogP contribution in [0.15, 0.2) is 47.4 Å². The van der Waals surface area contributed by atoms with E-state index in [4.69, 9.17) is 0 Å². The standard InChI is InChI=1S/C17H17N5O3/c23-17-19-13-4-3-9-18-16(13)21(17)12-7-10-20(11-8-12)14-5-1-2-6-15(14)22(24)25/h1-6,9,12H,7-8,10-11H2,(H,19,23). The lowest BCUT2D eigenvalue weighted by molar-refractivity contribution is -0.384. The third-order valence-electron chi connectivity index (χ3n) is 4.72. The van der Waals surface area contributed by atoms with Crippen LogP contribution < -0.4 is 10.6 Å². The molecule has 0 atom stereocenters. The smallest absolute Gasteiger partial charge is 0.327 e. The highest BCUT2D eigenvalue weighted by Gasteiger charge is 2.27. The molecule has 0 spiro atoms. The van der Waals surface area contributed by atoms with Crippen molar-refractivity contribution in [2.24, 2.45) is 0 Å². The number of hydrogen-bond acceptors (Lipinski definition) is 5. The van der Waals surface area contributed by atoms with E-state index in [2.05, 4.69) is 9.97 Å². The zero-order chi connectivity index (χ0) is 17.4. The van der Waals surface area contributed by atoms with E-state index in [9.17, 15) is 14.9 Å². The third-order valence-corrected chi connectivity index (χ3v) is 4.72. The summed E-state index contributed by atoms with van der Waals surface area (Å²) in [5, 5.41) is 11.2. The number of aromatic amines is 1. The number of anilines is 1. The van der Waals surface area contributed by atoms with E-state index in [0.717, 1.165) is 18.4 Å². The Morgan fingerprint density at radius 1 is 1.16 bits per heavy atom. The number of pyridine rings is 1. The number of fused-ring (bicyclic) bond motifs is 1. The number of nitro groups is 1. The van der Waals surface area contributed by atoms with Gasteiger partial charge < -0.3 is 9.88 Å². The number of hydrogen-bond donors (Lipinski definition) is 1. The van der Waals surface area contributed by atoms with Crippen LogP contribution in [0.1, 0.15) is 18.9 Å². The highest BCUT2D eigenvalue weighted by Crippen LogP contribution is 2.32. The monoisotopic (exact) mass is 339 g/mol. The molecule has 0 amide bonds. The molecular formula is C17H17N5O3. The molecule has 3 heterocycles. The maximum absolute atomic E-state index is 12.3. The van der Waals surface area contributed by atoms with Gasteiger partial charge in [0.2, 0.25) is 0 Å². The molecule has 1 fully saturated rings. The molecule has 8 heteroatoms. The van der Waals surface area contributed by atoms with Crippen molar-refractivity contribution >= 4 is 22.5 Å². The summed E-state index contributed by atoms with van der Waals surface area (Å²) in [5.74, 6) is 0. The van der Waals surface area contributed by atoms with Crippen molar-refractivity contribution in [3.05, 3.63) is 63.2 Å². The van der Waals surface area contributed by atoms with Gasteiger partial charge in [-0.25, -0.2) is 9.78 Å². The van der Waals surface area contributed by atoms with Crippen LogP contribution in [-0.4, -0.2) is 32.5 Å². The lowest BCUT2D eigenvalue weighted by Crippen LogP contribution is -2.37. The van der Waals surface area contributed by atoms with E-state index in [1.54, 1.807) is 29.0 Å². The summed E-state index contributed by atoms with van der Waals surface area (Å²) in [6.45, 7) is 1.31. The number of rotatable bonds is 3. The molecule has 25 heavy (non-hydrogen) atoms. The summed E-state index contributed by atoms with van der Waals surface area (Å²) in [6.07, 6.45) is 3.14. The van der Waals surface area contributed by atoms with Gasteiger partial charge in [0, 0.05) is 31.4 Å². The van der Waals surface area contributed by atoms with Crippen molar-refractivity contribution < 1.29 is 4.92 Å². The van der Waals surface area contributed by atoms with Crippen molar-refractivity contribution in [2.75, 3.05) is 18.0 Å². The van der Waals surface area contributed by atoms with Crippen molar-refractivity contribution in [3.8, 4) is 0 Å². The fourth-order valence-electron chi connectivity index (χ4n) is 3.55. The lowest BCUT2D eigenvalue weighted by atomic mass is 10.0. The van der Waals surface area contributed by atoms with E-state index in [-0.39, 0.29) is 22.3 Å². The summed E-state index contributed by atoms with van der Waals surface area (Å²) in [7, 11) is 0. The SMILES string of the molecule is O=c1[nH]c2cccnc2n1C1CCN(c2ccccc2[N+](=O)[O-])CC1. The molecule has 1 aromatic carbocycles. The molecule has 8 nitrogen and oxygen atoms in total. The van der Waals surface area contributed by atoms with Crippen LogP contribution in [0.25, 0.3) is 11.2 Å². The highest BCUT2D eigenvalue weighted by atomic mass is 16.6. The fourth-order valence-corrected chi connectivity index (χ4v) is 3.55. The Balaban J connectivity index is 1.59. The van der Waals surface area contributed by atoms with E-state index in [1.165, 1.54) is 6.07 Å². The van der Waals surface area contributed by atoms with Gasteiger partial charge in [0.05, 0.1) is 10.4 Å². The summed E-state index contributed by atoms with van der Waals surface area (Å²) in [5.41, 5.74) is 1.99. The Morgan fingerprint density at radius 3 is 2.68 bits per heavy atom. The van der Waals surface area contributed by atoms with Gasteiger partial charge in [0.15, 0.2) is 5.65 Å². The zero-order valence-corrected chi connectivity index (χ0v) is 13.5. The molecule has 0 saturated carbocycles. The average Bonchev–Trinajstić information content (AvgIpc) is 2.97. The zero-order valence-electron chi connectivity index (χ0n) is 13.5. The number of nitrogens with one attached hydrogen (secondary N) is 1. The van der Waals surface area contributed by atoms with E-state index in [0.29, 0.717) is 24.4 Å². The highest BCUT2D eigenvalue weighted by molar-refractivity contribution is 5.70. The number of nitro benzene ring substituents is 1. The molecule has 1 aliphatic rings. The Morgan fingerprint density at radius 2 is 1.92 bits per heavy atom. The van der Waals surface area contributed by atoms with Gasteiger partial charge in [0.25, 0.3) is 5.69 Å². The molecule has 2 aromatic heterocycles. The maximum atomic E-state index is 12.3. The van der Waals surface area contributed by atoms with Gasteiger partial charge in [-0.1, -0.05) is 12.1 Å². The van der Waals surface area contributed by atoms with Crippen LogP contribution in [0.3, 0.4) is 0 Å². The van der Waals surface area contributed by atoms with Gasteiger partial charge in [0.1, 0.15) is 5.69 Å². The largest absolute Gasteiger partial charge is 0.366 e. The predicted molar refractivity (Wildman–Crippen MR) is 93.9 cm³/mol. The maximum Gasteiger partial charge on any atom is 0.327 e. The van der Waals surface area contributed by atoms with E-state index >= 15 is 0 Å². The topological polar surface area (TPSA) is 97.1 Å². The fraction of sp³-hybridized carbons (Fsp3) is 0.294. The van der Waals surface area contributed by atoms with Crippen molar-refractivity contribution in [1.82, 2.24) is 14.5 Å². The molecular weight excluding hydrogens is 322 g/mol. The summed E-state index contributed by atoms with van der Waals surface area (Å²) >= 11 is 0. The molecule has 3 aromatic rings. The Labute approximate surface area is 142 Å². The number of para-hydroxylation sites is 2. The Hall–Kier alpha value is -3.16. The van der Waals surface area contributed by atoms with Crippen LogP contribution in [-0.2, 0) is 0 Å². The van der Waals surface area contributed by atoms with Crippen LogP contribution in [0.5, 0.6) is 0 Å². The van der Waals surface area contributed by atoms with Crippen LogP contribution in [0.2, 0.25) is 0 Å². The molecule has 128 valence electrons. The molecule has 0 radical (unpaired) electrons. The molecule has 1 aliphatic heterocycles. The van der Waals surface area contributed by atoms with Crippen LogP contribution in [0.4, 0.5) is 11.4 Å². The van der Waals surface area contributed by atoms with E-state index in [1.807, 2.05) is 17.0 Å². The van der Waals surface area contributed by atoms with Gasteiger partial charge in [-0.2, -0.15) is 0 Å². The number of imidazole rings is 1. The lowest BCUT2D eigenvalue weighted by Gasteiger charge is -2.33. The molecule has 0 unspecified atom stereocenters. The number of benzene rings is 1. The molecule has 4 rings (SSSR count). The second-order valence-electron chi connectivity index (χ2n) is 6.14. The van der Waals surface area contributed by atoms with Crippen LogP contribution >= 0.6 is 0 Å². The van der Waals surface area contributed by atoms with Gasteiger partial charge in [-0.05, 0) is 31.0 Å². The van der Waals surface area contributed by atoms with Gasteiger partial charge in [-0.3, -0.25) is 14.7 Å². The summed E-state index contributed by atoms with van der Waals surface area (Å²) in [4.78, 5) is 32.3. The average molecular weight is 339 g/mol. The summed E-state index contributed by atoms with van der Waals surface area (Å²) in [6, 6.07) is 10.4. The number of aromatic nitrogens is 3. The molecule has 0 bridgehead atoms. The molecule has 1 N–H and O–H groups in total. The van der Waals surface area contributed by atoms with Crippen molar-refractivity contribution in [2.45, 2.75) is 18.9 Å². The first-order valence-electron chi connectivity index (χ1n) is 8.19. The van der Waals surface area contributed by atoms with Crippen molar-refractivity contribution in [3.63, 3.8) is 0 Å². The minimum absolute atomic E-state index is 0.0372. The number of nitrogens with zero attached hydrogens (tertiary/aromatic N) is 4. The minimum atomic E-state index is -0.352. The first kappa shape index (κ1) is 15.4. The second kappa shape index (κ2) is 6.04. The quantitative estimate of drug-likeness (QED) is 0.584. The van der Waals surface area contributed by atoms with Gasteiger partial charge >= 0.3 is 5.69 Å². The molecule has 0 aliphatic carbocycles. The first-order chi connectivity index (χ1) is 12.1. The normalized spacial score (nSPS) is 15.6. The van der Waals surface area contributed by atoms with Crippen molar-refractivity contribution in [1.29, 1.82) is 0 Å². The number of H-pyrrole nitrogens is 1.